The summed E-state index contributed by atoms with van der Waals surface area (Å²) in [6.45, 7) is 6.85. The van der Waals surface area contributed by atoms with Gasteiger partial charge in [-0.1, -0.05) is 18.2 Å². The number of piperazine rings is 1. The molecule has 0 unspecified atom stereocenters. The van der Waals surface area contributed by atoms with Gasteiger partial charge in [0.2, 0.25) is 0 Å². The Morgan fingerprint density at radius 3 is 2.60 bits per heavy atom. The minimum atomic E-state index is 0. The van der Waals surface area contributed by atoms with Gasteiger partial charge in [-0.2, -0.15) is 10.4 Å². The average molecular weight is 422 g/mol. The molecule has 8 heteroatoms. The maximum atomic E-state index is 9.08. The maximum absolute atomic E-state index is 9.08. The van der Waals surface area contributed by atoms with Crippen LogP contribution in [0.4, 0.5) is 5.69 Å². The summed E-state index contributed by atoms with van der Waals surface area (Å²) < 4.78 is 1.76. The van der Waals surface area contributed by atoms with Crippen LogP contribution in [0, 0.1) is 18.3 Å². The Morgan fingerprint density at radius 2 is 1.87 bits per heavy atom. The Balaban J connectivity index is 0.00000256. The number of hydrogen-bond donors (Lipinski definition) is 0. The monoisotopic (exact) mass is 421 g/mol. The summed E-state index contributed by atoms with van der Waals surface area (Å²) in [5.41, 5.74) is 3.94. The molecule has 0 amide bonds. The molecule has 0 saturated carbocycles. The summed E-state index contributed by atoms with van der Waals surface area (Å²) in [7, 11) is 0. The molecule has 3 aromatic rings. The molecular formula is C22H24ClN7. The highest BCUT2D eigenvalue weighted by Crippen LogP contribution is 2.18. The number of hydrogen-bond acceptors (Lipinski definition) is 6. The van der Waals surface area contributed by atoms with E-state index in [0.717, 1.165) is 49.7 Å². The molecule has 1 aliphatic heterocycles. The van der Waals surface area contributed by atoms with Crippen molar-refractivity contribution in [2.24, 2.45) is 0 Å². The quantitative estimate of drug-likeness (QED) is 0.630. The zero-order chi connectivity index (χ0) is 20.1. The number of aromatic nitrogens is 4. The second kappa shape index (κ2) is 10.0. The molecule has 0 spiro atoms. The lowest BCUT2D eigenvalue weighted by Crippen LogP contribution is -2.46. The molecule has 3 heterocycles. The van der Waals surface area contributed by atoms with Gasteiger partial charge in [0.05, 0.1) is 23.5 Å². The molecule has 0 N–H and O–H groups in total. The fourth-order valence-corrected chi connectivity index (χ4v) is 3.48. The van der Waals surface area contributed by atoms with E-state index in [-0.39, 0.29) is 12.4 Å². The van der Waals surface area contributed by atoms with E-state index in [0.29, 0.717) is 11.5 Å². The van der Waals surface area contributed by atoms with Gasteiger partial charge in [0.15, 0.2) is 0 Å². The van der Waals surface area contributed by atoms with Gasteiger partial charge >= 0.3 is 0 Å². The summed E-state index contributed by atoms with van der Waals surface area (Å²) in [4.78, 5) is 13.3. The smallest absolute Gasteiger partial charge is 0.250 e. The van der Waals surface area contributed by atoms with E-state index in [1.807, 2.05) is 31.3 Å². The van der Waals surface area contributed by atoms with Gasteiger partial charge in [0.1, 0.15) is 0 Å². The number of nitriles is 1. The molecule has 0 bridgehead atoms. The summed E-state index contributed by atoms with van der Waals surface area (Å²) in [5.74, 6) is 0.584. The van der Waals surface area contributed by atoms with E-state index in [4.69, 9.17) is 5.26 Å². The third-order valence-corrected chi connectivity index (χ3v) is 5.16. The summed E-state index contributed by atoms with van der Waals surface area (Å²) >= 11 is 0. The summed E-state index contributed by atoms with van der Waals surface area (Å²) in [6.07, 6.45) is 9.59. The Morgan fingerprint density at radius 1 is 1.10 bits per heavy atom. The molecule has 1 fully saturated rings. The van der Waals surface area contributed by atoms with E-state index in [2.05, 4.69) is 49.2 Å². The van der Waals surface area contributed by atoms with E-state index >= 15 is 0 Å². The largest absolute Gasteiger partial charge is 0.369 e. The third kappa shape index (κ3) is 4.85. The van der Waals surface area contributed by atoms with Crippen LogP contribution < -0.4 is 4.90 Å². The van der Waals surface area contributed by atoms with E-state index in [9.17, 15) is 0 Å². The fourth-order valence-electron chi connectivity index (χ4n) is 3.48. The first kappa shape index (κ1) is 21.5. The van der Waals surface area contributed by atoms with Crippen LogP contribution in [0.3, 0.4) is 0 Å². The number of benzene rings is 1. The number of anilines is 1. The lowest BCUT2D eigenvalue weighted by Gasteiger charge is -2.35. The van der Waals surface area contributed by atoms with Crippen LogP contribution >= 0.6 is 12.4 Å². The van der Waals surface area contributed by atoms with Gasteiger partial charge in [-0.15, -0.1) is 12.4 Å². The van der Waals surface area contributed by atoms with Gasteiger partial charge in [0, 0.05) is 56.4 Å². The molecule has 0 aliphatic carbocycles. The highest BCUT2D eigenvalue weighted by molar-refractivity contribution is 5.85. The van der Waals surface area contributed by atoms with Gasteiger partial charge in [0.25, 0.3) is 5.95 Å². The van der Waals surface area contributed by atoms with Crippen molar-refractivity contribution in [3.8, 4) is 12.0 Å². The Kier molecular flexibility index (Phi) is 7.17. The molecule has 30 heavy (non-hydrogen) atoms. The Labute approximate surface area is 182 Å². The third-order valence-electron chi connectivity index (χ3n) is 5.16. The zero-order valence-corrected chi connectivity index (χ0v) is 17.7. The van der Waals surface area contributed by atoms with E-state index < -0.39 is 0 Å². The first-order chi connectivity index (χ1) is 14.2. The second-order valence-electron chi connectivity index (χ2n) is 7.00. The van der Waals surface area contributed by atoms with Crippen molar-refractivity contribution < 1.29 is 0 Å². The van der Waals surface area contributed by atoms with Crippen molar-refractivity contribution >= 4 is 24.2 Å². The predicted octanol–water partition coefficient (Wildman–Crippen LogP) is 3.10. The van der Waals surface area contributed by atoms with E-state index in [1.165, 1.54) is 0 Å². The fraction of sp³-hybridized carbons (Fsp3) is 0.273. The minimum absolute atomic E-state index is 0. The molecule has 2 aromatic heterocycles. The maximum Gasteiger partial charge on any atom is 0.250 e. The molecule has 0 radical (unpaired) electrons. The molecule has 7 nitrogen and oxygen atoms in total. The van der Waals surface area contributed by atoms with Crippen LogP contribution in [0.2, 0.25) is 0 Å². The van der Waals surface area contributed by atoms with Crippen LogP contribution in [-0.4, -0.2) is 57.4 Å². The first-order valence-corrected chi connectivity index (χ1v) is 9.70. The lowest BCUT2D eigenvalue weighted by molar-refractivity contribution is 0.284. The van der Waals surface area contributed by atoms with Gasteiger partial charge < -0.3 is 4.90 Å². The standard InChI is InChI=1S/C22H23N7.ClH/c1-18-20(17-26-29(18)22-24-8-4-9-25-22)6-3-10-27-11-13-28(14-12-27)21-7-2-5-19(15-21)16-23;/h2-9,15,17H,10-14H2,1H3;1H. The zero-order valence-electron chi connectivity index (χ0n) is 16.8. The first-order valence-electron chi connectivity index (χ1n) is 9.70. The van der Waals surface area contributed by atoms with Crippen molar-refractivity contribution in [3.05, 3.63) is 71.8 Å². The minimum Gasteiger partial charge on any atom is -0.369 e. The molecule has 0 atom stereocenters. The summed E-state index contributed by atoms with van der Waals surface area (Å²) in [6, 6.07) is 11.8. The van der Waals surface area contributed by atoms with Gasteiger partial charge in [-0.25, -0.2) is 14.6 Å². The van der Waals surface area contributed by atoms with Gasteiger partial charge in [-0.3, -0.25) is 4.90 Å². The van der Waals surface area contributed by atoms with Crippen molar-refractivity contribution in [1.29, 1.82) is 5.26 Å². The molecule has 1 aromatic carbocycles. The number of nitrogens with zero attached hydrogens (tertiary/aromatic N) is 7. The normalized spacial score (nSPS) is 14.5. The van der Waals surface area contributed by atoms with Gasteiger partial charge in [-0.05, 0) is 31.2 Å². The Bertz CT molecular complexity index is 1030. The molecule has 154 valence electrons. The van der Waals surface area contributed by atoms with Crippen LogP contribution in [0.1, 0.15) is 16.8 Å². The molecule has 1 aliphatic rings. The van der Waals surface area contributed by atoms with Crippen molar-refractivity contribution in [2.45, 2.75) is 6.92 Å². The number of rotatable bonds is 5. The average Bonchev–Trinajstić information content (AvgIpc) is 3.15. The van der Waals surface area contributed by atoms with Crippen LogP contribution in [0.15, 0.2) is 55.0 Å². The van der Waals surface area contributed by atoms with Crippen molar-refractivity contribution in [3.63, 3.8) is 0 Å². The lowest BCUT2D eigenvalue weighted by atomic mass is 10.2. The SMILES string of the molecule is Cc1c(C=CCN2CCN(c3cccc(C#N)c3)CC2)cnn1-c1ncccn1.Cl. The topological polar surface area (TPSA) is 73.9 Å². The van der Waals surface area contributed by atoms with Crippen molar-refractivity contribution in [2.75, 3.05) is 37.6 Å². The van der Waals surface area contributed by atoms with Crippen molar-refractivity contribution in [1.82, 2.24) is 24.6 Å². The predicted molar refractivity (Wildman–Crippen MR) is 120 cm³/mol. The second-order valence-corrected chi connectivity index (χ2v) is 7.00. The van der Waals surface area contributed by atoms with Crippen LogP contribution in [0.5, 0.6) is 0 Å². The highest BCUT2D eigenvalue weighted by atomic mass is 35.5. The molecular weight excluding hydrogens is 398 g/mol. The van der Waals surface area contributed by atoms with Crippen LogP contribution in [0.25, 0.3) is 12.0 Å². The van der Waals surface area contributed by atoms with Crippen LogP contribution in [-0.2, 0) is 0 Å². The number of halogens is 1. The Hall–Kier alpha value is -3.21. The molecule has 4 rings (SSSR count). The summed E-state index contributed by atoms with van der Waals surface area (Å²) in [5, 5.41) is 13.5. The van der Waals surface area contributed by atoms with E-state index in [1.54, 1.807) is 23.1 Å². The molecule has 1 saturated heterocycles. The highest BCUT2D eigenvalue weighted by Gasteiger charge is 2.16.